The van der Waals surface area contributed by atoms with Gasteiger partial charge in [0.15, 0.2) is 11.5 Å². The first-order chi connectivity index (χ1) is 8.17. The number of rotatable bonds is 4. The molecule has 3 nitrogen and oxygen atoms in total. The summed E-state index contributed by atoms with van der Waals surface area (Å²) in [4.78, 5) is 14.0. The van der Waals surface area contributed by atoms with Gasteiger partial charge >= 0.3 is 0 Å². The number of hydrogen-bond acceptors (Lipinski definition) is 5. The molecule has 0 amide bonds. The van der Waals surface area contributed by atoms with Crippen LogP contribution in [0.3, 0.4) is 0 Å². The number of anilines is 1. The van der Waals surface area contributed by atoms with Crippen LogP contribution in [0.5, 0.6) is 0 Å². The zero-order valence-electron chi connectivity index (χ0n) is 9.90. The van der Waals surface area contributed by atoms with Crippen molar-refractivity contribution in [3.05, 3.63) is 27.2 Å². The summed E-state index contributed by atoms with van der Waals surface area (Å²) < 4.78 is 6.52. The molecule has 0 aliphatic rings. The first kappa shape index (κ1) is 12.5. The van der Waals surface area contributed by atoms with Gasteiger partial charge in [-0.1, -0.05) is 0 Å². The minimum absolute atomic E-state index is 0.0389. The molecule has 2 rings (SSSR count). The predicted octanol–water partition coefficient (Wildman–Crippen LogP) is 2.92. The van der Waals surface area contributed by atoms with Crippen LogP contribution in [0.15, 0.2) is 20.7 Å². The zero-order chi connectivity index (χ0) is 12.4. The van der Waals surface area contributed by atoms with E-state index in [0.29, 0.717) is 10.6 Å². The Morgan fingerprint density at radius 2 is 2.29 bits per heavy atom. The summed E-state index contributed by atoms with van der Waals surface area (Å²) in [5.74, 6) is 1.37. The third-order valence-corrected chi connectivity index (χ3v) is 3.96. The normalized spacial score (nSPS) is 11.0. The van der Waals surface area contributed by atoms with Crippen LogP contribution in [0.1, 0.15) is 12.5 Å². The van der Waals surface area contributed by atoms with Gasteiger partial charge < -0.3 is 9.32 Å². The molecular formula is C12H15NO2S2. The minimum atomic E-state index is 0.0389. The van der Waals surface area contributed by atoms with Crippen LogP contribution in [-0.4, -0.2) is 18.8 Å². The third kappa shape index (κ3) is 2.35. The largest absolute Gasteiger partial charge is 0.439 e. The fraction of sp³-hybridized carbons (Fsp3) is 0.417. The molecule has 0 atom stereocenters. The van der Waals surface area contributed by atoms with Crippen molar-refractivity contribution < 1.29 is 4.42 Å². The average molecular weight is 269 g/mol. The van der Waals surface area contributed by atoms with Crippen LogP contribution in [0, 0.1) is 6.92 Å². The molecule has 17 heavy (non-hydrogen) atoms. The smallest absolute Gasteiger partial charge is 0.204 e. The standard InChI is InChI=1S/C12H15NO2S2/c1-3-13(4-5-16)10-6-9(14)12-11(15-10)8(2)7-17-12/h6-7,16H,3-5H2,1-2H3. The van der Waals surface area contributed by atoms with Crippen molar-refractivity contribution in [3.63, 3.8) is 0 Å². The maximum Gasteiger partial charge on any atom is 0.204 e. The number of aryl methyl sites for hydroxylation is 1. The van der Waals surface area contributed by atoms with Gasteiger partial charge in [0.1, 0.15) is 4.70 Å². The van der Waals surface area contributed by atoms with Crippen molar-refractivity contribution in [3.8, 4) is 0 Å². The van der Waals surface area contributed by atoms with Gasteiger partial charge in [0.25, 0.3) is 0 Å². The summed E-state index contributed by atoms with van der Waals surface area (Å²) in [5, 5.41) is 1.95. The number of fused-ring (bicyclic) bond motifs is 1. The molecule has 5 heteroatoms. The molecule has 2 heterocycles. The Labute approximate surface area is 109 Å². The highest BCUT2D eigenvalue weighted by atomic mass is 32.1. The van der Waals surface area contributed by atoms with Crippen molar-refractivity contribution in [2.24, 2.45) is 0 Å². The van der Waals surface area contributed by atoms with E-state index in [1.54, 1.807) is 6.07 Å². The van der Waals surface area contributed by atoms with Crippen LogP contribution in [-0.2, 0) is 0 Å². The molecule has 92 valence electrons. The van der Waals surface area contributed by atoms with E-state index in [1.165, 1.54) is 11.3 Å². The van der Waals surface area contributed by atoms with Crippen LogP contribution >= 0.6 is 24.0 Å². The van der Waals surface area contributed by atoms with Gasteiger partial charge in [0.2, 0.25) is 5.43 Å². The second-order valence-corrected chi connectivity index (χ2v) is 5.16. The van der Waals surface area contributed by atoms with E-state index in [4.69, 9.17) is 4.42 Å². The van der Waals surface area contributed by atoms with Crippen LogP contribution in [0.25, 0.3) is 10.3 Å². The van der Waals surface area contributed by atoms with Gasteiger partial charge in [0.05, 0.1) is 0 Å². The lowest BCUT2D eigenvalue weighted by molar-refractivity contribution is 0.578. The lowest BCUT2D eigenvalue weighted by Crippen LogP contribution is -2.25. The van der Waals surface area contributed by atoms with Crippen LogP contribution in [0.4, 0.5) is 5.88 Å². The number of nitrogens with zero attached hydrogens (tertiary/aromatic N) is 1. The second-order valence-electron chi connectivity index (χ2n) is 3.83. The summed E-state index contributed by atoms with van der Waals surface area (Å²) in [6, 6.07) is 1.57. The number of hydrogen-bond donors (Lipinski definition) is 1. The molecular weight excluding hydrogens is 254 g/mol. The van der Waals surface area contributed by atoms with E-state index < -0.39 is 0 Å². The van der Waals surface area contributed by atoms with Gasteiger partial charge in [-0.15, -0.1) is 11.3 Å². The summed E-state index contributed by atoms with van der Waals surface area (Å²) in [6.07, 6.45) is 0. The molecule has 0 fully saturated rings. The molecule has 0 aromatic carbocycles. The molecule has 0 saturated heterocycles. The Kier molecular flexibility index (Phi) is 3.79. The predicted molar refractivity (Wildman–Crippen MR) is 76.8 cm³/mol. The molecule has 0 spiro atoms. The van der Waals surface area contributed by atoms with Gasteiger partial charge in [-0.05, 0) is 19.2 Å². The number of thiophene rings is 1. The minimum Gasteiger partial charge on any atom is -0.439 e. The fourth-order valence-electron chi connectivity index (χ4n) is 1.74. The summed E-state index contributed by atoms with van der Waals surface area (Å²) in [5.41, 5.74) is 1.78. The lowest BCUT2D eigenvalue weighted by Gasteiger charge is -2.19. The monoisotopic (exact) mass is 269 g/mol. The van der Waals surface area contributed by atoms with E-state index in [0.717, 1.165) is 30.0 Å². The summed E-state index contributed by atoms with van der Waals surface area (Å²) >= 11 is 5.65. The number of thiol groups is 1. The molecule has 0 unspecified atom stereocenters. The Balaban J connectivity index is 2.55. The Morgan fingerprint density at radius 1 is 1.53 bits per heavy atom. The van der Waals surface area contributed by atoms with Crippen LogP contribution in [0.2, 0.25) is 0 Å². The summed E-state index contributed by atoms with van der Waals surface area (Å²) in [6.45, 7) is 5.57. The first-order valence-corrected chi connectivity index (χ1v) is 7.06. The van der Waals surface area contributed by atoms with Gasteiger partial charge in [-0.25, -0.2) is 0 Å². The van der Waals surface area contributed by atoms with Crippen LogP contribution < -0.4 is 10.3 Å². The van der Waals surface area contributed by atoms with Crippen molar-refractivity contribution in [1.29, 1.82) is 0 Å². The second kappa shape index (κ2) is 5.14. The fourth-order valence-corrected chi connectivity index (χ4v) is 2.87. The van der Waals surface area contributed by atoms with Crippen molar-refractivity contribution in [1.82, 2.24) is 0 Å². The topological polar surface area (TPSA) is 33.5 Å². The van der Waals surface area contributed by atoms with Crippen molar-refractivity contribution in [2.75, 3.05) is 23.7 Å². The lowest BCUT2D eigenvalue weighted by atomic mass is 10.3. The third-order valence-electron chi connectivity index (χ3n) is 2.67. The molecule has 0 aliphatic carbocycles. The van der Waals surface area contributed by atoms with E-state index in [9.17, 15) is 4.79 Å². The van der Waals surface area contributed by atoms with Gasteiger partial charge in [-0.3, -0.25) is 4.79 Å². The summed E-state index contributed by atoms with van der Waals surface area (Å²) in [7, 11) is 0. The Bertz CT molecular complexity index is 573. The molecule has 0 N–H and O–H groups in total. The van der Waals surface area contributed by atoms with Crippen molar-refractivity contribution in [2.45, 2.75) is 13.8 Å². The average Bonchev–Trinajstić information content (AvgIpc) is 2.69. The van der Waals surface area contributed by atoms with E-state index in [-0.39, 0.29) is 5.43 Å². The first-order valence-electron chi connectivity index (χ1n) is 5.55. The molecule has 0 saturated carbocycles. The maximum atomic E-state index is 11.9. The quantitative estimate of drug-likeness (QED) is 0.866. The SMILES string of the molecule is CCN(CCS)c1cc(=O)c2scc(C)c2o1. The highest BCUT2D eigenvalue weighted by molar-refractivity contribution is 7.80. The molecule has 0 radical (unpaired) electrons. The maximum absolute atomic E-state index is 11.9. The van der Waals surface area contributed by atoms with Crippen molar-refractivity contribution >= 4 is 40.1 Å². The highest BCUT2D eigenvalue weighted by Gasteiger charge is 2.12. The Hall–Kier alpha value is -0.940. The zero-order valence-corrected chi connectivity index (χ0v) is 11.6. The molecule has 0 bridgehead atoms. The van der Waals surface area contributed by atoms with E-state index >= 15 is 0 Å². The van der Waals surface area contributed by atoms with E-state index in [2.05, 4.69) is 12.6 Å². The van der Waals surface area contributed by atoms with Gasteiger partial charge in [0, 0.05) is 30.5 Å². The van der Waals surface area contributed by atoms with Gasteiger partial charge in [-0.2, -0.15) is 12.6 Å². The highest BCUT2D eigenvalue weighted by Crippen LogP contribution is 2.26. The molecule has 0 aliphatic heterocycles. The molecule has 2 aromatic heterocycles. The molecule has 2 aromatic rings. The van der Waals surface area contributed by atoms with E-state index in [1.807, 2.05) is 24.1 Å². The Morgan fingerprint density at radius 3 is 2.94 bits per heavy atom.